The lowest BCUT2D eigenvalue weighted by molar-refractivity contribution is -0.137. The molecule has 1 atom stereocenters. The number of hydrogen-bond acceptors (Lipinski definition) is 3. The predicted molar refractivity (Wildman–Crippen MR) is 69.3 cm³/mol. The van der Waals surface area contributed by atoms with Crippen molar-refractivity contribution in [1.29, 1.82) is 5.26 Å². The monoisotopic (exact) mass is 311 g/mol. The van der Waals surface area contributed by atoms with Crippen molar-refractivity contribution >= 4 is 11.9 Å². The highest BCUT2D eigenvalue weighted by molar-refractivity contribution is 5.97. The molecule has 1 aliphatic rings. The van der Waals surface area contributed by atoms with Gasteiger partial charge in [0.1, 0.15) is 0 Å². The normalized spacial score (nSPS) is 18.8. The number of nitrogens with zero attached hydrogens (tertiary/aromatic N) is 2. The van der Waals surface area contributed by atoms with Crippen LogP contribution < -0.4 is 5.32 Å². The van der Waals surface area contributed by atoms with Gasteiger partial charge >= 0.3 is 12.2 Å². The maximum absolute atomic E-state index is 12.5. The molecule has 0 aliphatic carbocycles. The van der Waals surface area contributed by atoms with Gasteiger partial charge in [-0.3, -0.25) is 9.69 Å². The number of benzene rings is 1. The summed E-state index contributed by atoms with van der Waals surface area (Å²) in [6.07, 6.45) is -4.45. The van der Waals surface area contributed by atoms with Crippen LogP contribution in [-0.4, -0.2) is 23.4 Å². The predicted octanol–water partition coefficient (Wildman–Crippen LogP) is 2.60. The molecule has 116 valence electrons. The number of carbonyl (C=O) groups excluding carboxylic acids is 2. The standard InChI is InChI=1S/C14H12F3N3O2/c15-14(16,17)10-4-2-9(3-5-10)11-8-12(21)20(7-1-6-18)13(22)19-11/h2-5,11H,1,7-8H2,(H,19,22)/t11-/m0/s1. The van der Waals surface area contributed by atoms with E-state index in [-0.39, 0.29) is 19.4 Å². The van der Waals surface area contributed by atoms with E-state index in [9.17, 15) is 22.8 Å². The minimum absolute atomic E-state index is 0.000891. The first-order valence-corrected chi connectivity index (χ1v) is 6.48. The number of amides is 3. The molecule has 0 aromatic heterocycles. The van der Waals surface area contributed by atoms with Crippen LogP contribution in [0, 0.1) is 11.3 Å². The van der Waals surface area contributed by atoms with Gasteiger partial charge in [0.2, 0.25) is 5.91 Å². The van der Waals surface area contributed by atoms with Gasteiger partial charge in [0, 0.05) is 6.54 Å². The third kappa shape index (κ3) is 3.36. The number of rotatable bonds is 3. The third-order valence-corrected chi connectivity index (χ3v) is 3.31. The van der Waals surface area contributed by atoms with Crippen molar-refractivity contribution in [3.05, 3.63) is 35.4 Å². The zero-order valence-corrected chi connectivity index (χ0v) is 11.4. The van der Waals surface area contributed by atoms with Crippen LogP contribution in [0.3, 0.4) is 0 Å². The van der Waals surface area contributed by atoms with E-state index in [1.807, 2.05) is 6.07 Å². The van der Waals surface area contributed by atoms with E-state index in [1.54, 1.807) is 0 Å². The topological polar surface area (TPSA) is 73.2 Å². The smallest absolute Gasteiger partial charge is 0.330 e. The van der Waals surface area contributed by atoms with Crippen LogP contribution in [0.25, 0.3) is 0 Å². The van der Waals surface area contributed by atoms with E-state index >= 15 is 0 Å². The maximum Gasteiger partial charge on any atom is 0.416 e. The van der Waals surface area contributed by atoms with Crippen molar-refractivity contribution in [2.45, 2.75) is 25.1 Å². The Kier molecular flexibility index (Phi) is 4.35. The molecule has 1 fully saturated rings. The number of imide groups is 1. The molecule has 8 heteroatoms. The summed E-state index contributed by atoms with van der Waals surface area (Å²) < 4.78 is 37.5. The molecule has 2 rings (SSSR count). The van der Waals surface area contributed by atoms with Gasteiger partial charge in [-0.15, -0.1) is 0 Å². The van der Waals surface area contributed by atoms with E-state index in [0.717, 1.165) is 17.0 Å². The molecular weight excluding hydrogens is 299 g/mol. The average molecular weight is 311 g/mol. The molecule has 1 aromatic rings. The molecule has 0 spiro atoms. The van der Waals surface area contributed by atoms with Crippen LogP contribution in [0.1, 0.15) is 30.0 Å². The molecule has 1 aliphatic heterocycles. The maximum atomic E-state index is 12.5. The molecule has 0 unspecified atom stereocenters. The summed E-state index contributed by atoms with van der Waals surface area (Å²) in [6.45, 7) is 0.000891. The zero-order valence-electron chi connectivity index (χ0n) is 11.4. The van der Waals surface area contributed by atoms with Crippen LogP contribution >= 0.6 is 0 Å². The van der Waals surface area contributed by atoms with Crippen LogP contribution in [0.4, 0.5) is 18.0 Å². The number of alkyl halides is 3. The fourth-order valence-electron chi connectivity index (χ4n) is 2.17. The number of nitrogens with one attached hydrogen (secondary N) is 1. The van der Waals surface area contributed by atoms with Crippen LogP contribution in [0.5, 0.6) is 0 Å². The van der Waals surface area contributed by atoms with Gasteiger partial charge in [0.15, 0.2) is 0 Å². The Morgan fingerprint density at radius 3 is 2.41 bits per heavy atom. The molecular formula is C14H12F3N3O2. The first-order chi connectivity index (χ1) is 10.3. The largest absolute Gasteiger partial charge is 0.416 e. The second-order valence-corrected chi connectivity index (χ2v) is 4.78. The number of halogens is 3. The van der Waals surface area contributed by atoms with Gasteiger partial charge in [0.25, 0.3) is 0 Å². The summed E-state index contributed by atoms with van der Waals surface area (Å²) in [6, 6.07) is 4.84. The van der Waals surface area contributed by atoms with E-state index in [4.69, 9.17) is 5.26 Å². The molecule has 1 heterocycles. The first-order valence-electron chi connectivity index (χ1n) is 6.48. The average Bonchev–Trinajstić information content (AvgIpc) is 2.45. The first kappa shape index (κ1) is 15.8. The highest BCUT2D eigenvalue weighted by atomic mass is 19.4. The minimum Gasteiger partial charge on any atom is -0.330 e. The zero-order chi connectivity index (χ0) is 16.3. The van der Waals surface area contributed by atoms with Gasteiger partial charge in [0.05, 0.1) is 30.5 Å². The summed E-state index contributed by atoms with van der Waals surface area (Å²) >= 11 is 0. The Morgan fingerprint density at radius 1 is 1.27 bits per heavy atom. The second kappa shape index (κ2) is 6.05. The molecule has 3 amide bonds. The van der Waals surface area contributed by atoms with Gasteiger partial charge in [-0.05, 0) is 17.7 Å². The summed E-state index contributed by atoms with van der Waals surface area (Å²) in [5.41, 5.74) is -0.366. The summed E-state index contributed by atoms with van der Waals surface area (Å²) in [4.78, 5) is 24.7. The number of carbonyl (C=O) groups is 2. The molecule has 0 saturated carbocycles. The number of hydrogen-bond donors (Lipinski definition) is 1. The Morgan fingerprint density at radius 2 is 1.91 bits per heavy atom. The lowest BCUT2D eigenvalue weighted by Gasteiger charge is -2.31. The van der Waals surface area contributed by atoms with Gasteiger partial charge in [-0.2, -0.15) is 18.4 Å². The molecule has 0 radical (unpaired) electrons. The Hall–Kier alpha value is -2.56. The van der Waals surface area contributed by atoms with Crippen LogP contribution in [0.2, 0.25) is 0 Å². The highest BCUT2D eigenvalue weighted by Gasteiger charge is 2.33. The van der Waals surface area contributed by atoms with Crippen molar-refractivity contribution in [3.8, 4) is 6.07 Å². The quantitative estimate of drug-likeness (QED) is 0.932. The summed E-state index contributed by atoms with van der Waals surface area (Å²) in [5, 5.41) is 11.0. The summed E-state index contributed by atoms with van der Waals surface area (Å²) in [5.74, 6) is -0.455. The second-order valence-electron chi connectivity index (χ2n) is 4.78. The van der Waals surface area contributed by atoms with Crippen molar-refractivity contribution < 1.29 is 22.8 Å². The fourth-order valence-corrected chi connectivity index (χ4v) is 2.17. The fraction of sp³-hybridized carbons (Fsp3) is 0.357. The molecule has 5 nitrogen and oxygen atoms in total. The van der Waals surface area contributed by atoms with Crippen LogP contribution in [0.15, 0.2) is 24.3 Å². The molecule has 0 bridgehead atoms. The molecule has 1 saturated heterocycles. The Labute approximate surface area is 124 Å². The Bertz CT molecular complexity index is 602. The van der Waals surface area contributed by atoms with E-state index < -0.39 is 29.7 Å². The molecule has 1 N–H and O–H groups in total. The summed E-state index contributed by atoms with van der Waals surface area (Å²) in [7, 11) is 0. The molecule has 22 heavy (non-hydrogen) atoms. The third-order valence-electron chi connectivity index (χ3n) is 3.31. The van der Waals surface area contributed by atoms with E-state index in [2.05, 4.69) is 5.32 Å². The lowest BCUT2D eigenvalue weighted by atomic mass is 10.00. The number of nitriles is 1. The van der Waals surface area contributed by atoms with Crippen molar-refractivity contribution in [1.82, 2.24) is 10.2 Å². The highest BCUT2D eigenvalue weighted by Crippen LogP contribution is 2.31. The SMILES string of the molecule is N#CCCN1C(=O)C[C@@H](c2ccc(C(F)(F)F)cc2)NC1=O. The minimum atomic E-state index is -4.43. The lowest BCUT2D eigenvalue weighted by Crippen LogP contribution is -2.51. The van der Waals surface area contributed by atoms with Gasteiger partial charge in [-0.1, -0.05) is 12.1 Å². The van der Waals surface area contributed by atoms with Gasteiger partial charge in [-0.25, -0.2) is 4.79 Å². The van der Waals surface area contributed by atoms with E-state index in [1.165, 1.54) is 12.1 Å². The van der Waals surface area contributed by atoms with Crippen LogP contribution in [-0.2, 0) is 11.0 Å². The Balaban J connectivity index is 2.11. The van der Waals surface area contributed by atoms with Crippen molar-refractivity contribution in [2.24, 2.45) is 0 Å². The van der Waals surface area contributed by atoms with E-state index in [0.29, 0.717) is 5.56 Å². The number of urea groups is 1. The molecule has 1 aromatic carbocycles. The van der Waals surface area contributed by atoms with Gasteiger partial charge < -0.3 is 5.32 Å². The van der Waals surface area contributed by atoms with Crippen molar-refractivity contribution in [3.63, 3.8) is 0 Å². The van der Waals surface area contributed by atoms with Crippen molar-refractivity contribution in [2.75, 3.05) is 6.54 Å².